The fourth-order valence-corrected chi connectivity index (χ4v) is 2.34. The molecule has 6 nitrogen and oxygen atoms in total. The molecule has 0 saturated heterocycles. The molecule has 0 fully saturated rings. The van der Waals surface area contributed by atoms with Crippen molar-refractivity contribution < 1.29 is 23.8 Å². The first-order valence-electron chi connectivity index (χ1n) is 8.86. The first-order valence-corrected chi connectivity index (χ1v) is 8.86. The normalized spacial score (nSPS) is 12.6. The van der Waals surface area contributed by atoms with Crippen LogP contribution in [0.15, 0.2) is 54.6 Å². The number of hydrogen-bond donors (Lipinski definition) is 1. The van der Waals surface area contributed by atoms with E-state index in [4.69, 9.17) is 14.2 Å². The van der Waals surface area contributed by atoms with Crippen LogP contribution in [-0.2, 0) is 20.9 Å². The summed E-state index contributed by atoms with van der Waals surface area (Å²) in [5.41, 5.74) is 0.918. The van der Waals surface area contributed by atoms with Crippen LogP contribution in [0, 0.1) is 0 Å². The van der Waals surface area contributed by atoms with Crippen molar-refractivity contribution >= 4 is 11.9 Å². The molecule has 2 aromatic carbocycles. The Morgan fingerprint density at radius 1 is 1.00 bits per heavy atom. The quantitative estimate of drug-likeness (QED) is 0.686. The van der Waals surface area contributed by atoms with Crippen LogP contribution in [-0.4, -0.2) is 31.2 Å². The first kappa shape index (κ1) is 20.3. The number of ether oxygens (including phenoxy) is 3. The van der Waals surface area contributed by atoms with Crippen molar-refractivity contribution in [3.63, 3.8) is 0 Å². The number of carbonyl (C=O) groups excluding carboxylic acids is 2. The Balaban J connectivity index is 1.83. The Bertz CT molecular complexity index is 730. The molecule has 0 heterocycles. The fraction of sp³-hybridized carbons (Fsp3) is 0.333. The zero-order chi connectivity index (χ0) is 19.6. The molecular formula is C21H25NO5. The third kappa shape index (κ3) is 6.33. The number of carbonyl (C=O) groups is 2. The lowest BCUT2D eigenvalue weighted by atomic mass is 10.2. The van der Waals surface area contributed by atoms with E-state index in [9.17, 15) is 9.59 Å². The highest BCUT2D eigenvalue weighted by molar-refractivity contribution is 5.84. The molecule has 0 spiro atoms. The van der Waals surface area contributed by atoms with Gasteiger partial charge in [-0.2, -0.15) is 0 Å². The third-order valence-electron chi connectivity index (χ3n) is 3.94. The van der Waals surface area contributed by atoms with Crippen LogP contribution in [0.25, 0.3) is 0 Å². The molecule has 0 unspecified atom stereocenters. The minimum absolute atomic E-state index is 0.336. The summed E-state index contributed by atoms with van der Waals surface area (Å²) in [5, 5.41) is 2.75. The van der Waals surface area contributed by atoms with E-state index in [1.165, 1.54) is 6.92 Å². The molecule has 1 N–H and O–H groups in total. The summed E-state index contributed by atoms with van der Waals surface area (Å²) in [6, 6.07) is 16.4. The molecule has 0 aliphatic carbocycles. The first-order chi connectivity index (χ1) is 13.0. The summed E-state index contributed by atoms with van der Waals surface area (Å²) < 4.78 is 16.0. The largest absolute Gasteiger partial charge is 0.497 e. The number of hydrogen-bond acceptors (Lipinski definition) is 5. The van der Waals surface area contributed by atoms with Crippen LogP contribution in [0.2, 0.25) is 0 Å². The van der Waals surface area contributed by atoms with Gasteiger partial charge in [0.05, 0.1) is 7.11 Å². The van der Waals surface area contributed by atoms with Gasteiger partial charge < -0.3 is 19.5 Å². The standard InChI is InChI=1S/C21H25NO5/c1-4-19(27-18-8-6-5-7-9-18)21(24)26-15(2)20(23)22-14-16-10-12-17(25-3)13-11-16/h5-13,15,19H,4,14H2,1-3H3,(H,22,23)/t15-,19+/m1/s1. The average Bonchev–Trinajstić information content (AvgIpc) is 2.71. The van der Waals surface area contributed by atoms with Crippen molar-refractivity contribution in [2.75, 3.05) is 7.11 Å². The Labute approximate surface area is 159 Å². The van der Waals surface area contributed by atoms with Gasteiger partial charge in [-0.1, -0.05) is 37.3 Å². The molecule has 1 amide bonds. The number of para-hydroxylation sites is 1. The molecule has 27 heavy (non-hydrogen) atoms. The van der Waals surface area contributed by atoms with Crippen molar-refractivity contribution in [3.05, 3.63) is 60.2 Å². The van der Waals surface area contributed by atoms with Crippen molar-refractivity contribution in [1.29, 1.82) is 0 Å². The zero-order valence-corrected chi connectivity index (χ0v) is 15.8. The van der Waals surface area contributed by atoms with E-state index in [-0.39, 0.29) is 5.91 Å². The molecule has 2 atom stereocenters. The van der Waals surface area contributed by atoms with Gasteiger partial charge in [0.1, 0.15) is 11.5 Å². The Kier molecular flexibility index (Phi) is 7.67. The summed E-state index contributed by atoms with van der Waals surface area (Å²) >= 11 is 0. The minimum atomic E-state index is -0.913. The van der Waals surface area contributed by atoms with E-state index in [0.717, 1.165) is 11.3 Å². The predicted octanol–water partition coefficient (Wildman–Crippen LogP) is 3.10. The Morgan fingerprint density at radius 2 is 1.67 bits per heavy atom. The minimum Gasteiger partial charge on any atom is -0.497 e. The van der Waals surface area contributed by atoms with Crippen molar-refractivity contribution in [3.8, 4) is 11.5 Å². The van der Waals surface area contributed by atoms with Gasteiger partial charge in [0, 0.05) is 6.54 Å². The van der Waals surface area contributed by atoms with Gasteiger partial charge in [0.15, 0.2) is 12.2 Å². The third-order valence-corrected chi connectivity index (χ3v) is 3.94. The zero-order valence-electron chi connectivity index (χ0n) is 15.8. The second kappa shape index (κ2) is 10.2. The summed E-state index contributed by atoms with van der Waals surface area (Å²) in [6.45, 7) is 3.70. The molecule has 6 heteroatoms. The van der Waals surface area contributed by atoms with Crippen LogP contribution in [0.5, 0.6) is 11.5 Å². The van der Waals surface area contributed by atoms with Gasteiger partial charge >= 0.3 is 5.97 Å². The molecule has 0 aromatic heterocycles. The predicted molar refractivity (Wildman–Crippen MR) is 102 cm³/mol. The van der Waals surface area contributed by atoms with E-state index < -0.39 is 18.2 Å². The molecule has 2 rings (SSSR count). The second-order valence-electron chi connectivity index (χ2n) is 5.97. The molecular weight excluding hydrogens is 346 g/mol. The maximum Gasteiger partial charge on any atom is 0.348 e. The molecule has 0 aliphatic heterocycles. The van der Waals surface area contributed by atoms with E-state index in [1.807, 2.05) is 49.4 Å². The average molecular weight is 371 g/mol. The number of rotatable bonds is 9. The highest BCUT2D eigenvalue weighted by atomic mass is 16.6. The molecule has 144 valence electrons. The highest BCUT2D eigenvalue weighted by Gasteiger charge is 2.25. The lowest BCUT2D eigenvalue weighted by Gasteiger charge is -2.19. The van der Waals surface area contributed by atoms with Gasteiger partial charge in [-0.05, 0) is 43.2 Å². The number of methoxy groups -OCH3 is 1. The topological polar surface area (TPSA) is 73.9 Å². The Morgan fingerprint density at radius 3 is 2.26 bits per heavy atom. The van der Waals surface area contributed by atoms with Crippen molar-refractivity contribution in [2.24, 2.45) is 0 Å². The fourth-order valence-electron chi connectivity index (χ4n) is 2.34. The van der Waals surface area contributed by atoms with Gasteiger partial charge in [-0.3, -0.25) is 4.79 Å². The highest BCUT2D eigenvalue weighted by Crippen LogP contribution is 2.14. The number of esters is 1. The molecule has 2 aromatic rings. The lowest BCUT2D eigenvalue weighted by Crippen LogP contribution is -2.39. The lowest BCUT2D eigenvalue weighted by molar-refractivity contribution is -0.161. The Hall–Kier alpha value is -3.02. The molecule has 0 aliphatic rings. The number of amides is 1. The molecule has 0 radical (unpaired) electrons. The number of nitrogens with one attached hydrogen (secondary N) is 1. The van der Waals surface area contributed by atoms with Crippen LogP contribution in [0.1, 0.15) is 25.8 Å². The number of benzene rings is 2. The van der Waals surface area contributed by atoms with Gasteiger partial charge in [-0.25, -0.2) is 4.79 Å². The van der Waals surface area contributed by atoms with E-state index in [0.29, 0.717) is 18.7 Å². The van der Waals surface area contributed by atoms with Gasteiger partial charge in [-0.15, -0.1) is 0 Å². The maximum atomic E-state index is 12.3. The monoisotopic (exact) mass is 371 g/mol. The summed E-state index contributed by atoms with van der Waals surface area (Å²) in [4.78, 5) is 24.5. The maximum absolute atomic E-state index is 12.3. The van der Waals surface area contributed by atoms with Crippen LogP contribution >= 0.6 is 0 Å². The van der Waals surface area contributed by atoms with Crippen molar-refractivity contribution in [2.45, 2.75) is 39.0 Å². The summed E-state index contributed by atoms with van der Waals surface area (Å²) in [5.74, 6) is 0.400. The van der Waals surface area contributed by atoms with Crippen molar-refractivity contribution in [1.82, 2.24) is 5.32 Å². The summed E-state index contributed by atoms with van der Waals surface area (Å²) in [7, 11) is 1.60. The smallest absolute Gasteiger partial charge is 0.348 e. The van der Waals surface area contributed by atoms with Crippen LogP contribution < -0.4 is 14.8 Å². The van der Waals surface area contributed by atoms with Crippen LogP contribution in [0.3, 0.4) is 0 Å². The van der Waals surface area contributed by atoms with E-state index >= 15 is 0 Å². The molecule has 0 saturated carbocycles. The summed E-state index contributed by atoms with van der Waals surface area (Å²) in [6.07, 6.45) is -1.23. The van der Waals surface area contributed by atoms with Gasteiger partial charge in [0.2, 0.25) is 0 Å². The SMILES string of the molecule is CC[C@H](Oc1ccccc1)C(=O)O[C@H](C)C(=O)NCc1ccc(OC)cc1. The van der Waals surface area contributed by atoms with Crippen LogP contribution in [0.4, 0.5) is 0 Å². The van der Waals surface area contributed by atoms with Gasteiger partial charge in [0.25, 0.3) is 5.91 Å². The van der Waals surface area contributed by atoms with E-state index in [1.54, 1.807) is 19.2 Å². The second-order valence-corrected chi connectivity index (χ2v) is 5.97. The van der Waals surface area contributed by atoms with E-state index in [2.05, 4.69) is 5.32 Å². The molecule has 0 bridgehead atoms.